The number of carbonyl (C=O) groups is 1. The van der Waals surface area contributed by atoms with Gasteiger partial charge in [-0.2, -0.15) is 0 Å². The molecule has 196 valence electrons. The molecule has 1 aromatic carbocycles. The fourth-order valence-electron chi connectivity index (χ4n) is 10.8. The summed E-state index contributed by atoms with van der Waals surface area (Å²) in [7, 11) is 0. The summed E-state index contributed by atoms with van der Waals surface area (Å²) in [4.78, 5) is 26.5. The number of carbonyl (C=O) groups excluding carboxylic acids is 1. The predicted octanol–water partition coefficient (Wildman–Crippen LogP) is 6.48. The first kappa shape index (κ1) is 24.2. The average molecular weight is 511 g/mol. The topological polar surface area (TPSA) is 55.8 Å². The van der Waals surface area contributed by atoms with Crippen molar-refractivity contribution >= 4 is 17.5 Å². The van der Waals surface area contributed by atoms with E-state index < -0.39 is 11.2 Å². The third-order valence-electron chi connectivity index (χ3n) is 12.0. The Bertz CT molecular complexity index is 1120. The van der Waals surface area contributed by atoms with Gasteiger partial charge in [0.15, 0.2) is 0 Å². The first-order chi connectivity index (χ1) is 17.0. The van der Waals surface area contributed by atoms with Crippen molar-refractivity contribution in [2.45, 2.75) is 107 Å². The van der Waals surface area contributed by atoms with E-state index in [1.807, 2.05) is 0 Å². The van der Waals surface area contributed by atoms with Crippen LogP contribution in [0.25, 0.3) is 0 Å². The number of hydrogen-bond acceptors (Lipinski definition) is 5. The van der Waals surface area contributed by atoms with Crippen molar-refractivity contribution in [1.82, 2.24) is 0 Å². The van der Waals surface area contributed by atoms with E-state index in [2.05, 4.69) is 45.2 Å². The number of ketones is 1. The van der Waals surface area contributed by atoms with Gasteiger partial charge in [-0.3, -0.25) is 4.79 Å². The third kappa shape index (κ3) is 3.09. The molecule has 0 bridgehead atoms. The molecule has 1 unspecified atom stereocenters. The average Bonchev–Trinajstić information content (AvgIpc) is 3.12. The zero-order chi connectivity index (χ0) is 25.1. The molecule has 4 saturated carbocycles. The maximum absolute atomic E-state index is 13.3. The van der Waals surface area contributed by atoms with E-state index >= 15 is 0 Å². The molecule has 0 aromatic heterocycles. The van der Waals surface area contributed by atoms with Gasteiger partial charge in [-0.05, 0) is 110 Å². The van der Waals surface area contributed by atoms with Crippen LogP contribution in [0.3, 0.4) is 0 Å². The molecule has 1 saturated heterocycles. The van der Waals surface area contributed by atoms with E-state index in [1.54, 1.807) is 11.8 Å². The van der Waals surface area contributed by atoms with Crippen LogP contribution in [0.2, 0.25) is 0 Å². The minimum atomic E-state index is -0.759. The first-order valence-corrected chi connectivity index (χ1v) is 15.5. The Balaban J connectivity index is 1.36. The second kappa shape index (κ2) is 7.61. The fraction of sp³-hybridized carbons (Fsp3) is 0.774. The molecule has 6 aliphatic rings. The molecule has 1 aromatic rings. The van der Waals surface area contributed by atoms with Crippen molar-refractivity contribution in [2.24, 2.45) is 34.0 Å². The number of benzene rings is 1. The number of thioether (sulfide) groups is 1. The molecule has 1 N–H and O–H groups in total. The van der Waals surface area contributed by atoms with E-state index in [9.17, 15) is 9.90 Å². The monoisotopic (exact) mass is 510 g/mol. The molecule has 5 fully saturated rings. The number of aliphatic hydroxyl groups is 1. The van der Waals surface area contributed by atoms with E-state index in [4.69, 9.17) is 9.78 Å². The van der Waals surface area contributed by atoms with Gasteiger partial charge in [0.05, 0.1) is 12.2 Å². The largest absolute Gasteiger partial charge is 0.389 e. The summed E-state index contributed by atoms with van der Waals surface area (Å²) < 4.78 is 0. The standard InChI is InChI=1S/C31H42O4S/c1-27(2)16-29(35-34-18-27)11-12-30-14-19-13-20(36-4)5-6-21(19)23-15-28(3)24(7-8-25(28)32)22(26(23)30)9-10-31(30,33)17-29/h5-6,13,22-24,26,33H,7-12,14-18H2,1-4H3/t22-,23+,24-,26+,28-,29?,30-,31+/m0/s1. The highest BCUT2D eigenvalue weighted by Gasteiger charge is 2.72. The van der Waals surface area contributed by atoms with E-state index in [0.29, 0.717) is 42.5 Å². The smallest absolute Gasteiger partial charge is 0.139 e. The molecule has 4 nitrogen and oxygen atoms in total. The molecular weight excluding hydrogens is 468 g/mol. The number of hydrogen-bond donors (Lipinski definition) is 1. The Hall–Kier alpha value is -0.880. The van der Waals surface area contributed by atoms with Crippen molar-refractivity contribution in [3.63, 3.8) is 0 Å². The summed E-state index contributed by atoms with van der Waals surface area (Å²) >= 11 is 1.80. The molecule has 8 atom stereocenters. The van der Waals surface area contributed by atoms with Gasteiger partial charge in [-0.15, -0.1) is 11.8 Å². The minimum absolute atomic E-state index is 0.0577. The van der Waals surface area contributed by atoms with Crippen LogP contribution in [0.15, 0.2) is 23.1 Å². The van der Waals surface area contributed by atoms with Crippen molar-refractivity contribution in [3.8, 4) is 0 Å². The lowest BCUT2D eigenvalue weighted by molar-refractivity contribution is -0.425. The number of fused-ring (bicyclic) bond motifs is 4. The predicted molar refractivity (Wildman–Crippen MR) is 141 cm³/mol. The highest BCUT2D eigenvalue weighted by Crippen LogP contribution is 2.74. The Morgan fingerprint density at radius 1 is 1.08 bits per heavy atom. The van der Waals surface area contributed by atoms with Crippen molar-refractivity contribution in [1.29, 1.82) is 0 Å². The quantitative estimate of drug-likeness (QED) is 0.346. The summed E-state index contributed by atoms with van der Waals surface area (Å²) in [5.74, 6) is 2.31. The van der Waals surface area contributed by atoms with Crippen molar-refractivity contribution in [3.05, 3.63) is 29.3 Å². The van der Waals surface area contributed by atoms with Gasteiger partial charge < -0.3 is 5.11 Å². The minimum Gasteiger partial charge on any atom is -0.389 e. The summed E-state index contributed by atoms with van der Waals surface area (Å²) in [6, 6.07) is 7.05. The van der Waals surface area contributed by atoms with Crippen LogP contribution in [-0.2, 0) is 21.0 Å². The van der Waals surface area contributed by atoms with Gasteiger partial charge in [-0.1, -0.05) is 26.8 Å². The van der Waals surface area contributed by atoms with Gasteiger partial charge in [0, 0.05) is 28.6 Å². The van der Waals surface area contributed by atoms with Crippen LogP contribution < -0.4 is 0 Å². The van der Waals surface area contributed by atoms with Crippen LogP contribution in [-0.4, -0.2) is 35.0 Å². The summed E-state index contributed by atoms with van der Waals surface area (Å²) in [5.41, 5.74) is 1.45. The number of rotatable bonds is 1. The molecule has 36 heavy (non-hydrogen) atoms. The van der Waals surface area contributed by atoms with Crippen LogP contribution >= 0.6 is 11.8 Å². The van der Waals surface area contributed by atoms with E-state index in [-0.39, 0.29) is 16.2 Å². The summed E-state index contributed by atoms with van der Waals surface area (Å²) in [6.07, 6.45) is 11.3. The fourth-order valence-corrected chi connectivity index (χ4v) is 11.2. The van der Waals surface area contributed by atoms with Crippen LogP contribution in [0, 0.1) is 34.0 Å². The number of Topliss-reactive ketones (excluding diaryl/α,β-unsaturated/α-hetero) is 1. The second-order valence-corrected chi connectivity index (χ2v) is 15.4. The first-order valence-electron chi connectivity index (χ1n) is 14.3. The highest BCUT2D eigenvalue weighted by atomic mass is 32.2. The molecule has 0 amide bonds. The maximum Gasteiger partial charge on any atom is 0.139 e. The van der Waals surface area contributed by atoms with Crippen molar-refractivity contribution < 1.29 is 19.7 Å². The lowest BCUT2D eigenvalue weighted by atomic mass is 9.36. The van der Waals surface area contributed by atoms with E-state index in [1.165, 1.54) is 16.0 Å². The van der Waals surface area contributed by atoms with Crippen LogP contribution in [0.1, 0.15) is 95.6 Å². The second-order valence-electron chi connectivity index (χ2n) is 14.5. The van der Waals surface area contributed by atoms with Gasteiger partial charge in [0.1, 0.15) is 11.4 Å². The zero-order valence-corrected chi connectivity index (χ0v) is 23.2. The lowest BCUT2D eigenvalue weighted by Crippen LogP contribution is -2.70. The zero-order valence-electron chi connectivity index (χ0n) is 22.4. The van der Waals surface area contributed by atoms with Gasteiger partial charge >= 0.3 is 0 Å². The Kier molecular flexibility index (Phi) is 5.11. The normalized spacial score (nSPS) is 48.6. The van der Waals surface area contributed by atoms with Gasteiger partial charge in [-0.25, -0.2) is 9.78 Å². The SMILES string of the molecule is CSc1ccc2c(c1)C[C@]13CCC4(CC(C)(C)COO4)C[C@]1(O)CC[C@@H]1[C@@H]3[C@@H]2C[C@]2(C)C(=O)CC[C@@H]12. The lowest BCUT2D eigenvalue weighted by Gasteiger charge is -2.70. The van der Waals surface area contributed by atoms with Crippen LogP contribution in [0.5, 0.6) is 0 Å². The van der Waals surface area contributed by atoms with Gasteiger partial charge in [0.2, 0.25) is 0 Å². The molecule has 5 aliphatic carbocycles. The van der Waals surface area contributed by atoms with E-state index in [0.717, 1.165) is 57.8 Å². The summed E-state index contributed by atoms with van der Waals surface area (Å²) in [5, 5.41) is 12.8. The summed E-state index contributed by atoms with van der Waals surface area (Å²) in [6.45, 7) is 7.42. The molecule has 5 heteroatoms. The Labute approximate surface area is 220 Å². The molecule has 1 aliphatic heterocycles. The van der Waals surface area contributed by atoms with Gasteiger partial charge in [0.25, 0.3) is 0 Å². The molecule has 2 spiro atoms. The third-order valence-corrected chi connectivity index (χ3v) is 12.8. The highest BCUT2D eigenvalue weighted by molar-refractivity contribution is 7.98. The maximum atomic E-state index is 13.3. The molecular formula is C31H42O4S. The Morgan fingerprint density at radius 3 is 2.69 bits per heavy atom. The Morgan fingerprint density at radius 2 is 1.92 bits per heavy atom. The molecule has 0 radical (unpaired) electrons. The molecule has 1 heterocycles. The molecule has 7 rings (SSSR count). The van der Waals surface area contributed by atoms with Crippen molar-refractivity contribution in [2.75, 3.05) is 12.9 Å². The van der Waals surface area contributed by atoms with Crippen LogP contribution in [0.4, 0.5) is 0 Å².